The van der Waals surface area contributed by atoms with Crippen LogP contribution in [-0.4, -0.2) is 18.5 Å². The summed E-state index contributed by atoms with van der Waals surface area (Å²) in [5.74, 6) is 0.286. The SMILES string of the molecule is O=C1CCCCC1OCCc1cccc2ccccc12. The van der Waals surface area contributed by atoms with Crippen molar-refractivity contribution in [1.29, 1.82) is 0 Å². The minimum atomic E-state index is -0.154. The van der Waals surface area contributed by atoms with E-state index in [1.54, 1.807) is 0 Å². The molecule has 0 radical (unpaired) electrons. The number of fused-ring (bicyclic) bond motifs is 1. The topological polar surface area (TPSA) is 26.3 Å². The zero-order valence-corrected chi connectivity index (χ0v) is 11.7. The third-order valence-electron chi connectivity index (χ3n) is 4.07. The van der Waals surface area contributed by atoms with Gasteiger partial charge in [-0.1, -0.05) is 42.5 Å². The summed E-state index contributed by atoms with van der Waals surface area (Å²) >= 11 is 0. The van der Waals surface area contributed by atoms with Gasteiger partial charge in [0, 0.05) is 6.42 Å². The predicted molar refractivity (Wildman–Crippen MR) is 80.9 cm³/mol. The lowest BCUT2D eigenvalue weighted by atomic mass is 9.96. The zero-order chi connectivity index (χ0) is 13.8. The second-order valence-corrected chi connectivity index (χ2v) is 5.46. The largest absolute Gasteiger partial charge is 0.370 e. The molecule has 2 nitrogen and oxygen atoms in total. The van der Waals surface area contributed by atoms with E-state index in [0.717, 1.165) is 25.7 Å². The highest BCUT2D eigenvalue weighted by molar-refractivity contribution is 5.85. The van der Waals surface area contributed by atoms with Crippen molar-refractivity contribution in [1.82, 2.24) is 0 Å². The van der Waals surface area contributed by atoms with Crippen LogP contribution in [0.2, 0.25) is 0 Å². The first-order valence-electron chi connectivity index (χ1n) is 7.45. The fourth-order valence-corrected chi connectivity index (χ4v) is 2.95. The quantitative estimate of drug-likeness (QED) is 0.840. The Morgan fingerprint density at radius 2 is 1.90 bits per heavy atom. The Morgan fingerprint density at radius 1 is 1.05 bits per heavy atom. The van der Waals surface area contributed by atoms with Crippen molar-refractivity contribution in [2.24, 2.45) is 0 Å². The highest BCUT2D eigenvalue weighted by Gasteiger charge is 2.22. The Kier molecular flexibility index (Phi) is 4.12. The van der Waals surface area contributed by atoms with Crippen molar-refractivity contribution in [2.75, 3.05) is 6.61 Å². The summed E-state index contributed by atoms with van der Waals surface area (Å²) < 4.78 is 5.80. The van der Waals surface area contributed by atoms with Gasteiger partial charge < -0.3 is 4.74 Å². The van der Waals surface area contributed by atoms with Crippen LogP contribution in [0.4, 0.5) is 0 Å². The normalized spacial score (nSPS) is 19.4. The predicted octanol–water partition coefficient (Wildman–Crippen LogP) is 3.91. The molecule has 2 aromatic carbocycles. The minimum Gasteiger partial charge on any atom is -0.370 e. The number of hydrogen-bond acceptors (Lipinski definition) is 2. The molecule has 20 heavy (non-hydrogen) atoms. The van der Waals surface area contributed by atoms with Crippen molar-refractivity contribution in [3.8, 4) is 0 Å². The maximum absolute atomic E-state index is 11.7. The average Bonchev–Trinajstić information content (AvgIpc) is 2.49. The van der Waals surface area contributed by atoms with Gasteiger partial charge in [-0.15, -0.1) is 0 Å². The van der Waals surface area contributed by atoms with Crippen LogP contribution < -0.4 is 0 Å². The van der Waals surface area contributed by atoms with Gasteiger partial charge in [-0.25, -0.2) is 0 Å². The van der Waals surface area contributed by atoms with Crippen LogP contribution in [0.25, 0.3) is 10.8 Å². The van der Waals surface area contributed by atoms with E-state index in [2.05, 4.69) is 42.5 Å². The molecule has 0 amide bonds. The third kappa shape index (κ3) is 2.91. The molecule has 1 saturated carbocycles. The van der Waals surface area contributed by atoms with Crippen LogP contribution in [0.1, 0.15) is 31.2 Å². The van der Waals surface area contributed by atoms with E-state index in [1.165, 1.54) is 16.3 Å². The molecule has 1 unspecified atom stereocenters. The average molecular weight is 268 g/mol. The smallest absolute Gasteiger partial charge is 0.161 e. The van der Waals surface area contributed by atoms with E-state index >= 15 is 0 Å². The van der Waals surface area contributed by atoms with Gasteiger partial charge in [-0.3, -0.25) is 4.79 Å². The van der Waals surface area contributed by atoms with Crippen LogP contribution in [0.3, 0.4) is 0 Å². The summed E-state index contributed by atoms with van der Waals surface area (Å²) in [4.78, 5) is 11.7. The Morgan fingerprint density at radius 3 is 2.80 bits per heavy atom. The molecule has 0 saturated heterocycles. The highest BCUT2D eigenvalue weighted by atomic mass is 16.5. The van der Waals surface area contributed by atoms with Crippen LogP contribution >= 0.6 is 0 Å². The summed E-state index contributed by atoms with van der Waals surface area (Å²) in [5.41, 5.74) is 1.30. The van der Waals surface area contributed by atoms with Gasteiger partial charge in [0.2, 0.25) is 0 Å². The molecule has 0 aliphatic heterocycles. The van der Waals surface area contributed by atoms with Gasteiger partial charge in [0.25, 0.3) is 0 Å². The highest BCUT2D eigenvalue weighted by Crippen LogP contribution is 2.20. The second-order valence-electron chi connectivity index (χ2n) is 5.46. The fourth-order valence-electron chi connectivity index (χ4n) is 2.95. The van der Waals surface area contributed by atoms with Gasteiger partial charge in [0.15, 0.2) is 5.78 Å². The van der Waals surface area contributed by atoms with Crippen LogP contribution in [0.15, 0.2) is 42.5 Å². The van der Waals surface area contributed by atoms with Gasteiger partial charge in [0.1, 0.15) is 6.10 Å². The number of rotatable bonds is 4. The van der Waals surface area contributed by atoms with E-state index in [-0.39, 0.29) is 11.9 Å². The van der Waals surface area contributed by atoms with E-state index in [1.807, 2.05) is 0 Å². The summed E-state index contributed by atoms with van der Waals surface area (Å²) in [5, 5.41) is 2.55. The second kappa shape index (κ2) is 6.19. The summed E-state index contributed by atoms with van der Waals surface area (Å²) in [6, 6.07) is 14.8. The Balaban J connectivity index is 1.64. The lowest BCUT2D eigenvalue weighted by molar-refractivity contribution is -0.133. The molecule has 0 spiro atoms. The zero-order valence-electron chi connectivity index (χ0n) is 11.7. The fraction of sp³-hybridized carbons (Fsp3) is 0.389. The first kappa shape index (κ1) is 13.3. The van der Waals surface area contributed by atoms with Gasteiger partial charge in [-0.05, 0) is 42.0 Å². The summed E-state index contributed by atoms with van der Waals surface area (Å²) in [6.45, 7) is 0.629. The number of benzene rings is 2. The molecule has 2 aromatic rings. The van der Waals surface area contributed by atoms with Crippen molar-refractivity contribution >= 4 is 16.6 Å². The molecular weight excluding hydrogens is 248 g/mol. The number of carbonyl (C=O) groups excluding carboxylic acids is 1. The van der Waals surface area contributed by atoms with E-state index in [9.17, 15) is 4.79 Å². The lowest BCUT2D eigenvalue weighted by Gasteiger charge is -2.21. The van der Waals surface area contributed by atoms with E-state index in [4.69, 9.17) is 4.74 Å². The standard InChI is InChI=1S/C18H20O2/c19-17-10-3-4-11-18(17)20-13-12-15-8-5-7-14-6-1-2-9-16(14)15/h1-2,5-9,18H,3-4,10-13H2. The molecule has 3 rings (SSSR count). The van der Waals surface area contributed by atoms with Crippen molar-refractivity contribution in [3.63, 3.8) is 0 Å². The Hall–Kier alpha value is -1.67. The van der Waals surface area contributed by atoms with Gasteiger partial charge in [0.05, 0.1) is 6.61 Å². The molecule has 0 aromatic heterocycles. The molecule has 2 heteroatoms. The Bertz CT molecular complexity index is 598. The van der Waals surface area contributed by atoms with Gasteiger partial charge >= 0.3 is 0 Å². The molecule has 1 aliphatic rings. The molecule has 0 N–H and O–H groups in total. The third-order valence-corrected chi connectivity index (χ3v) is 4.07. The van der Waals surface area contributed by atoms with Crippen LogP contribution in [0.5, 0.6) is 0 Å². The number of ether oxygens (including phenoxy) is 1. The monoisotopic (exact) mass is 268 g/mol. The number of ketones is 1. The molecule has 104 valence electrons. The molecule has 0 bridgehead atoms. The van der Waals surface area contributed by atoms with Crippen LogP contribution in [-0.2, 0) is 16.0 Å². The summed E-state index contributed by atoms with van der Waals surface area (Å²) in [7, 11) is 0. The first-order valence-corrected chi connectivity index (χ1v) is 7.45. The Labute approximate surface area is 119 Å². The number of carbonyl (C=O) groups is 1. The molecule has 0 heterocycles. The lowest BCUT2D eigenvalue weighted by Crippen LogP contribution is -2.28. The molecular formula is C18H20O2. The summed E-state index contributed by atoms with van der Waals surface area (Å²) in [6.07, 6.45) is 4.45. The van der Waals surface area contributed by atoms with E-state index in [0.29, 0.717) is 13.0 Å². The molecule has 1 fully saturated rings. The first-order chi connectivity index (χ1) is 9.84. The van der Waals surface area contributed by atoms with Crippen molar-refractivity contribution < 1.29 is 9.53 Å². The van der Waals surface area contributed by atoms with Crippen molar-refractivity contribution in [2.45, 2.75) is 38.2 Å². The number of Topliss-reactive ketones (excluding diaryl/α,β-unsaturated/α-hetero) is 1. The molecule has 1 atom stereocenters. The van der Waals surface area contributed by atoms with Gasteiger partial charge in [-0.2, -0.15) is 0 Å². The molecule has 1 aliphatic carbocycles. The van der Waals surface area contributed by atoms with Crippen LogP contribution in [0, 0.1) is 0 Å². The number of hydrogen-bond donors (Lipinski definition) is 0. The van der Waals surface area contributed by atoms with E-state index < -0.39 is 0 Å². The maximum atomic E-state index is 11.7. The minimum absolute atomic E-state index is 0.154. The van der Waals surface area contributed by atoms with Crippen molar-refractivity contribution in [3.05, 3.63) is 48.0 Å². The maximum Gasteiger partial charge on any atom is 0.161 e.